The maximum atomic E-state index is 12.0. The van der Waals surface area contributed by atoms with Crippen molar-refractivity contribution < 1.29 is 19.7 Å². The first-order chi connectivity index (χ1) is 13.2. The smallest absolute Gasteiger partial charge is 0.339 e. The van der Waals surface area contributed by atoms with E-state index in [1.54, 1.807) is 24.5 Å². The van der Waals surface area contributed by atoms with Gasteiger partial charge in [-0.3, -0.25) is 4.98 Å². The van der Waals surface area contributed by atoms with Crippen LogP contribution in [0.4, 0.5) is 0 Å². The van der Waals surface area contributed by atoms with Crippen molar-refractivity contribution in [2.24, 2.45) is 17.3 Å². The molecule has 1 fully saturated rings. The number of aliphatic hydroxyl groups is 2. The molecular formula is C23H39NO4. The first-order valence-electron chi connectivity index (χ1n) is 10.6. The number of carbonyl (C=O) groups excluding carboxylic acids is 1. The van der Waals surface area contributed by atoms with E-state index in [-0.39, 0.29) is 36.1 Å². The molecular weight excluding hydrogens is 354 g/mol. The molecule has 1 aromatic rings. The van der Waals surface area contributed by atoms with Gasteiger partial charge in [0.1, 0.15) is 6.10 Å². The van der Waals surface area contributed by atoms with E-state index in [4.69, 9.17) is 9.84 Å². The first kappa shape index (κ1) is 24.6. The lowest BCUT2D eigenvalue weighted by molar-refractivity contribution is -0.00718. The van der Waals surface area contributed by atoms with Gasteiger partial charge in [0.05, 0.1) is 11.7 Å². The number of esters is 1. The molecule has 1 heterocycles. The topological polar surface area (TPSA) is 79.6 Å². The predicted molar refractivity (Wildman–Crippen MR) is 112 cm³/mol. The Hall–Kier alpha value is -1.46. The van der Waals surface area contributed by atoms with Crippen LogP contribution in [0.15, 0.2) is 24.5 Å². The van der Waals surface area contributed by atoms with Gasteiger partial charge in [-0.05, 0) is 55.6 Å². The molecule has 2 rings (SSSR count). The molecule has 0 aliphatic heterocycles. The molecule has 2 N–H and O–H groups in total. The van der Waals surface area contributed by atoms with Crippen LogP contribution in [0.3, 0.4) is 0 Å². The molecule has 0 bridgehead atoms. The summed E-state index contributed by atoms with van der Waals surface area (Å²) >= 11 is 0. The Morgan fingerprint density at radius 3 is 2.57 bits per heavy atom. The van der Waals surface area contributed by atoms with E-state index in [2.05, 4.69) is 25.8 Å². The standard InChI is InChI=1S/C15H21NO2.C8H18O2/c1-11-7-13(9-15(2,3)8-11)18-14(17)12-5-4-6-16-10-12;1-3-5-8(10)7(4-2)6-9/h4-6,10-11,13H,7-9H2,1-3H3;7-10H,3-6H2,1-2H3/t11-,13-;/m1./s1. The third-order valence-corrected chi connectivity index (χ3v) is 5.40. The fraction of sp³-hybridized carbons (Fsp3) is 0.739. The minimum Gasteiger partial charge on any atom is -0.459 e. The summed E-state index contributed by atoms with van der Waals surface area (Å²) in [5, 5.41) is 18.1. The van der Waals surface area contributed by atoms with Gasteiger partial charge in [0.25, 0.3) is 0 Å². The zero-order chi connectivity index (χ0) is 21.2. The zero-order valence-electron chi connectivity index (χ0n) is 18.2. The third-order valence-electron chi connectivity index (χ3n) is 5.40. The van der Waals surface area contributed by atoms with Crippen molar-refractivity contribution in [1.82, 2.24) is 4.98 Å². The summed E-state index contributed by atoms with van der Waals surface area (Å²) in [6.07, 6.45) is 8.71. The Bertz CT molecular complexity index is 557. The van der Waals surface area contributed by atoms with Crippen molar-refractivity contribution in [2.45, 2.75) is 85.4 Å². The van der Waals surface area contributed by atoms with Crippen LogP contribution in [-0.4, -0.2) is 40.0 Å². The Kier molecular flexibility index (Phi) is 10.7. The Balaban J connectivity index is 0.000000336. The molecule has 0 spiro atoms. The van der Waals surface area contributed by atoms with Crippen LogP contribution < -0.4 is 0 Å². The van der Waals surface area contributed by atoms with Crippen molar-refractivity contribution in [3.8, 4) is 0 Å². The Morgan fingerprint density at radius 2 is 2.07 bits per heavy atom. The Labute approximate surface area is 170 Å². The monoisotopic (exact) mass is 393 g/mol. The highest BCUT2D eigenvalue weighted by Gasteiger charge is 2.34. The molecule has 4 atom stereocenters. The molecule has 0 radical (unpaired) electrons. The highest BCUT2D eigenvalue weighted by Crippen LogP contribution is 2.39. The number of rotatable bonds is 7. The maximum Gasteiger partial charge on any atom is 0.339 e. The summed E-state index contributed by atoms with van der Waals surface area (Å²) in [4.78, 5) is 15.9. The number of hydrogen-bond acceptors (Lipinski definition) is 5. The fourth-order valence-electron chi connectivity index (χ4n) is 4.11. The molecule has 1 aliphatic rings. The molecule has 0 saturated heterocycles. The highest BCUT2D eigenvalue weighted by molar-refractivity contribution is 5.89. The van der Waals surface area contributed by atoms with Gasteiger partial charge >= 0.3 is 5.97 Å². The van der Waals surface area contributed by atoms with E-state index in [9.17, 15) is 9.90 Å². The van der Waals surface area contributed by atoms with Crippen LogP contribution in [0.1, 0.15) is 83.5 Å². The maximum absolute atomic E-state index is 12.0. The highest BCUT2D eigenvalue weighted by atomic mass is 16.5. The SMILES string of the molecule is CCCC(O)C(CC)CO.C[C@@H]1C[C@@H](OC(=O)c2cccnc2)CC(C)(C)C1. The lowest BCUT2D eigenvalue weighted by atomic mass is 9.71. The predicted octanol–water partition coefficient (Wildman–Crippen LogP) is 4.62. The average molecular weight is 394 g/mol. The van der Waals surface area contributed by atoms with Crippen molar-refractivity contribution >= 4 is 5.97 Å². The number of nitrogens with zero attached hydrogens (tertiary/aromatic N) is 1. The third kappa shape index (κ3) is 8.70. The van der Waals surface area contributed by atoms with E-state index in [1.165, 1.54) is 6.42 Å². The van der Waals surface area contributed by atoms with E-state index in [0.717, 1.165) is 32.1 Å². The summed E-state index contributed by atoms with van der Waals surface area (Å²) < 4.78 is 5.60. The summed E-state index contributed by atoms with van der Waals surface area (Å²) in [6, 6.07) is 3.50. The molecule has 0 amide bonds. The van der Waals surface area contributed by atoms with Crippen LogP contribution in [0, 0.1) is 17.3 Å². The van der Waals surface area contributed by atoms with Crippen molar-refractivity contribution in [3.05, 3.63) is 30.1 Å². The molecule has 0 aromatic carbocycles. The van der Waals surface area contributed by atoms with E-state index in [0.29, 0.717) is 11.5 Å². The van der Waals surface area contributed by atoms with Gasteiger partial charge in [0.15, 0.2) is 0 Å². The summed E-state index contributed by atoms with van der Waals surface area (Å²) in [6.45, 7) is 10.8. The van der Waals surface area contributed by atoms with Gasteiger partial charge in [0.2, 0.25) is 0 Å². The zero-order valence-corrected chi connectivity index (χ0v) is 18.2. The molecule has 1 aliphatic carbocycles. The fourth-order valence-corrected chi connectivity index (χ4v) is 4.11. The minimum absolute atomic E-state index is 0.0384. The summed E-state index contributed by atoms with van der Waals surface area (Å²) in [5.74, 6) is 0.443. The van der Waals surface area contributed by atoms with Gasteiger partial charge in [0, 0.05) is 24.9 Å². The molecule has 1 saturated carbocycles. The lowest BCUT2D eigenvalue weighted by Gasteiger charge is -2.38. The molecule has 2 unspecified atom stereocenters. The minimum atomic E-state index is -0.306. The second-order valence-corrected chi connectivity index (χ2v) is 8.89. The van der Waals surface area contributed by atoms with E-state index < -0.39 is 0 Å². The number of carbonyl (C=O) groups is 1. The van der Waals surface area contributed by atoms with Crippen LogP contribution in [-0.2, 0) is 4.74 Å². The quantitative estimate of drug-likeness (QED) is 0.661. The molecule has 28 heavy (non-hydrogen) atoms. The van der Waals surface area contributed by atoms with Crippen molar-refractivity contribution in [2.75, 3.05) is 6.61 Å². The van der Waals surface area contributed by atoms with Crippen LogP contribution in [0.25, 0.3) is 0 Å². The number of aliphatic hydroxyl groups excluding tert-OH is 2. The number of hydrogen-bond donors (Lipinski definition) is 2. The van der Waals surface area contributed by atoms with Crippen molar-refractivity contribution in [1.29, 1.82) is 0 Å². The molecule has 5 heteroatoms. The molecule has 1 aromatic heterocycles. The van der Waals surface area contributed by atoms with Crippen molar-refractivity contribution in [3.63, 3.8) is 0 Å². The number of pyridine rings is 1. The van der Waals surface area contributed by atoms with Gasteiger partial charge in [-0.25, -0.2) is 4.79 Å². The normalized spacial score (nSPS) is 23.1. The average Bonchev–Trinajstić information content (AvgIpc) is 2.62. The lowest BCUT2D eigenvalue weighted by Crippen LogP contribution is -2.34. The van der Waals surface area contributed by atoms with Crippen LogP contribution in [0.2, 0.25) is 0 Å². The van der Waals surface area contributed by atoms with Crippen LogP contribution >= 0.6 is 0 Å². The van der Waals surface area contributed by atoms with Gasteiger partial charge in [-0.15, -0.1) is 0 Å². The van der Waals surface area contributed by atoms with Gasteiger partial charge in [-0.1, -0.05) is 41.0 Å². The summed E-state index contributed by atoms with van der Waals surface area (Å²) in [5.41, 5.74) is 0.797. The molecule has 5 nitrogen and oxygen atoms in total. The molecule has 160 valence electrons. The largest absolute Gasteiger partial charge is 0.459 e. The second-order valence-electron chi connectivity index (χ2n) is 8.89. The second kappa shape index (κ2) is 12.2. The van der Waals surface area contributed by atoms with E-state index >= 15 is 0 Å². The van der Waals surface area contributed by atoms with E-state index in [1.807, 2.05) is 13.8 Å². The first-order valence-corrected chi connectivity index (χ1v) is 10.6. The van der Waals surface area contributed by atoms with Crippen LogP contribution in [0.5, 0.6) is 0 Å². The number of aromatic nitrogens is 1. The van der Waals surface area contributed by atoms with Gasteiger partial charge < -0.3 is 14.9 Å². The Morgan fingerprint density at radius 1 is 1.36 bits per heavy atom. The van der Waals surface area contributed by atoms with Gasteiger partial charge in [-0.2, -0.15) is 0 Å². The summed E-state index contributed by atoms with van der Waals surface area (Å²) in [7, 11) is 0. The number of ether oxygens (including phenoxy) is 1.